The summed E-state index contributed by atoms with van der Waals surface area (Å²) in [5, 5.41) is 0. The van der Waals surface area contributed by atoms with Crippen molar-refractivity contribution in [3.05, 3.63) is 29.8 Å². The van der Waals surface area contributed by atoms with Crippen LogP contribution >= 0.6 is 0 Å². The third kappa shape index (κ3) is 5.06. The van der Waals surface area contributed by atoms with E-state index in [0.29, 0.717) is 13.2 Å². The molecule has 152 valence electrons. The topological polar surface area (TPSA) is 45.3 Å². The third-order valence-electron chi connectivity index (χ3n) is 5.81. The molecule has 0 spiro atoms. The number of carbonyl (C=O) groups excluding carboxylic acids is 1. The molecule has 1 amide bonds. The Bertz CT molecular complexity index is 692. The van der Waals surface area contributed by atoms with Gasteiger partial charge in [0.25, 0.3) is 0 Å². The van der Waals surface area contributed by atoms with E-state index >= 15 is 0 Å². The summed E-state index contributed by atoms with van der Waals surface area (Å²) in [6, 6.07) is 5.83. The highest BCUT2D eigenvalue weighted by Crippen LogP contribution is 2.30. The van der Waals surface area contributed by atoms with Crippen molar-refractivity contribution < 1.29 is 14.3 Å². The lowest BCUT2D eigenvalue weighted by molar-refractivity contribution is -0.127. The van der Waals surface area contributed by atoms with E-state index in [1.807, 2.05) is 29.2 Å². The molecule has 3 aliphatic heterocycles. The van der Waals surface area contributed by atoms with Crippen molar-refractivity contribution in [1.29, 1.82) is 0 Å². The summed E-state index contributed by atoms with van der Waals surface area (Å²) in [5.41, 5.74) is 0.960. The molecule has 1 aromatic carbocycles. The Labute approximate surface area is 167 Å². The number of fused-ring (bicyclic) bond motifs is 1. The number of carbonyl (C=O) groups is 1. The van der Waals surface area contributed by atoms with Gasteiger partial charge in [-0.05, 0) is 49.7 Å². The summed E-state index contributed by atoms with van der Waals surface area (Å²) in [4.78, 5) is 19.5. The quantitative estimate of drug-likeness (QED) is 0.727. The summed E-state index contributed by atoms with van der Waals surface area (Å²) < 4.78 is 11.4. The van der Waals surface area contributed by atoms with Gasteiger partial charge in [-0.2, -0.15) is 0 Å². The number of amides is 1. The van der Waals surface area contributed by atoms with Gasteiger partial charge in [-0.25, -0.2) is 0 Å². The van der Waals surface area contributed by atoms with Gasteiger partial charge < -0.3 is 19.3 Å². The fourth-order valence-electron chi connectivity index (χ4n) is 4.04. The zero-order valence-corrected chi connectivity index (χ0v) is 16.6. The summed E-state index contributed by atoms with van der Waals surface area (Å²) in [6.45, 7) is 9.70. The molecule has 6 heteroatoms. The van der Waals surface area contributed by atoms with Crippen LogP contribution in [-0.2, 0) is 4.79 Å². The molecule has 1 aromatic rings. The summed E-state index contributed by atoms with van der Waals surface area (Å²) in [5.74, 6) is 1.64. The second-order valence-electron chi connectivity index (χ2n) is 7.81. The standard InChI is InChI=1S/C22H31N3O3/c26-22(7-5-19-4-6-20-21(18-19)28-17-3-16-27-20)25-14-12-24(13-15-25)11-10-23-8-1-2-9-23/h4-7,18H,1-3,8-17H2/b7-5+. The largest absolute Gasteiger partial charge is 0.490 e. The molecule has 0 saturated carbocycles. The highest BCUT2D eigenvalue weighted by Gasteiger charge is 2.20. The molecule has 0 bridgehead atoms. The Morgan fingerprint density at radius 2 is 1.54 bits per heavy atom. The zero-order chi connectivity index (χ0) is 19.2. The lowest BCUT2D eigenvalue weighted by Crippen LogP contribution is -2.49. The van der Waals surface area contributed by atoms with E-state index in [4.69, 9.17) is 9.47 Å². The molecular weight excluding hydrogens is 354 g/mol. The lowest BCUT2D eigenvalue weighted by Gasteiger charge is -2.35. The smallest absolute Gasteiger partial charge is 0.246 e. The van der Waals surface area contributed by atoms with Crippen molar-refractivity contribution in [1.82, 2.24) is 14.7 Å². The molecule has 0 aromatic heterocycles. The van der Waals surface area contributed by atoms with Crippen molar-refractivity contribution >= 4 is 12.0 Å². The molecule has 3 heterocycles. The maximum atomic E-state index is 12.5. The Hall–Kier alpha value is -2.05. The normalized spacial score (nSPS) is 21.2. The van der Waals surface area contributed by atoms with E-state index in [2.05, 4.69) is 9.80 Å². The fourth-order valence-corrected chi connectivity index (χ4v) is 4.04. The van der Waals surface area contributed by atoms with Crippen molar-refractivity contribution in [3.63, 3.8) is 0 Å². The molecule has 0 radical (unpaired) electrons. The van der Waals surface area contributed by atoms with Gasteiger partial charge in [0.15, 0.2) is 11.5 Å². The number of rotatable bonds is 5. The third-order valence-corrected chi connectivity index (χ3v) is 5.81. The SMILES string of the molecule is O=C(/C=C/c1ccc2c(c1)OCCCO2)N1CCN(CCN2CCCC2)CC1. The van der Waals surface area contributed by atoms with E-state index in [-0.39, 0.29) is 5.91 Å². The van der Waals surface area contributed by atoms with Crippen molar-refractivity contribution in [3.8, 4) is 11.5 Å². The molecule has 3 aliphatic rings. The van der Waals surface area contributed by atoms with E-state index in [9.17, 15) is 4.79 Å². The monoisotopic (exact) mass is 385 g/mol. The first-order valence-corrected chi connectivity index (χ1v) is 10.6. The van der Waals surface area contributed by atoms with Crippen LogP contribution < -0.4 is 9.47 Å². The van der Waals surface area contributed by atoms with Gasteiger partial charge in [0, 0.05) is 51.8 Å². The average molecular weight is 386 g/mol. The maximum Gasteiger partial charge on any atom is 0.246 e. The van der Waals surface area contributed by atoms with Gasteiger partial charge >= 0.3 is 0 Å². The Morgan fingerprint density at radius 3 is 2.29 bits per heavy atom. The molecule has 0 aliphatic carbocycles. The van der Waals surface area contributed by atoms with Crippen LogP contribution in [-0.4, -0.2) is 86.2 Å². The number of benzene rings is 1. The highest BCUT2D eigenvalue weighted by molar-refractivity contribution is 5.92. The van der Waals surface area contributed by atoms with Gasteiger partial charge in [0.1, 0.15) is 0 Å². The molecule has 0 unspecified atom stereocenters. The second kappa shape index (κ2) is 9.43. The number of piperazine rings is 1. The van der Waals surface area contributed by atoms with Crippen LogP contribution in [0.3, 0.4) is 0 Å². The van der Waals surface area contributed by atoms with E-state index in [0.717, 1.165) is 62.8 Å². The molecule has 2 fully saturated rings. The highest BCUT2D eigenvalue weighted by atomic mass is 16.5. The van der Waals surface area contributed by atoms with Crippen LogP contribution in [0.1, 0.15) is 24.8 Å². The van der Waals surface area contributed by atoms with Gasteiger partial charge in [0.2, 0.25) is 5.91 Å². The number of nitrogens with zero attached hydrogens (tertiary/aromatic N) is 3. The van der Waals surface area contributed by atoms with Crippen molar-refractivity contribution in [2.45, 2.75) is 19.3 Å². The molecule has 28 heavy (non-hydrogen) atoms. The maximum absolute atomic E-state index is 12.5. The van der Waals surface area contributed by atoms with Gasteiger partial charge in [0.05, 0.1) is 13.2 Å². The first-order valence-electron chi connectivity index (χ1n) is 10.6. The van der Waals surface area contributed by atoms with Crippen LogP contribution in [0.25, 0.3) is 6.08 Å². The minimum absolute atomic E-state index is 0.0892. The van der Waals surface area contributed by atoms with Crippen LogP contribution in [0.15, 0.2) is 24.3 Å². The molecule has 4 rings (SSSR count). The predicted molar refractivity (Wildman–Crippen MR) is 110 cm³/mol. The second-order valence-corrected chi connectivity index (χ2v) is 7.81. The first-order chi connectivity index (χ1) is 13.8. The zero-order valence-electron chi connectivity index (χ0n) is 16.6. The molecule has 0 N–H and O–H groups in total. The molecular formula is C22H31N3O3. The minimum Gasteiger partial charge on any atom is -0.490 e. The van der Waals surface area contributed by atoms with Crippen LogP contribution in [0.5, 0.6) is 11.5 Å². The van der Waals surface area contributed by atoms with Crippen molar-refractivity contribution in [2.75, 3.05) is 65.6 Å². The first kappa shape index (κ1) is 19.3. The molecule has 2 saturated heterocycles. The van der Waals surface area contributed by atoms with E-state index in [1.54, 1.807) is 6.08 Å². The minimum atomic E-state index is 0.0892. The number of likely N-dealkylation sites (tertiary alicyclic amines) is 1. The number of hydrogen-bond acceptors (Lipinski definition) is 5. The van der Waals surface area contributed by atoms with Crippen LogP contribution in [0.4, 0.5) is 0 Å². The Kier molecular flexibility index (Phi) is 6.49. The fraction of sp³-hybridized carbons (Fsp3) is 0.591. The summed E-state index contributed by atoms with van der Waals surface area (Å²) in [6.07, 6.45) is 7.13. The Balaban J connectivity index is 1.24. The number of hydrogen-bond donors (Lipinski definition) is 0. The van der Waals surface area contributed by atoms with Crippen LogP contribution in [0.2, 0.25) is 0 Å². The van der Waals surface area contributed by atoms with Crippen LogP contribution in [0, 0.1) is 0 Å². The molecule has 0 atom stereocenters. The summed E-state index contributed by atoms with van der Waals surface area (Å²) >= 11 is 0. The lowest BCUT2D eigenvalue weighted by atomic mass is 10.2. The van der Waals surface area contributed by atoms with E-state index < -0.39 is 0 Å². The van der Waals surface area contributed by atoms with Gasteiger partial charge in [-0.3, -0.25) is 9.69 Å². The van der Waals surface area contributed by atoms with E-state index in [1.165, 1.54) is 25.9 Å². The van der Waals surface area contributed by atoms with Gasteiger partial charge in [-0.1, -0.05) is 6.07 Å². The van der Waals surface area contributed by atoms with Gasteiger partial charge in [-0.15, -0.1) is 0 Å². The Morgan fingerprint density at radius 1 is 0.857 bits per heavy atom. The predicted octanol–water partition coefficient (Wildman–Crippen LogP) is 2.10. The molecule has 6 nitrogen and oxygen atoms in total. The average Bonchev–Trinajstić information content (AvgIpc) is 3.14. The summed E-state index contributed by atoms with van der Waals surface area (Å²) in [7, 11) is 0. The number of ether oxygens (including phenoxy) is 2. The van der Waals surface area contributed by atoms with Crippen molar-refractivity contribution in [2.24, 2.45) is 0 Å².